The van der Waals surface area contributed by atoms with E-state index in [1.165, 1.54) is 19.1 Å². The van der Waals surface area contributed by atoms with Crippen LogP contribution in [-0.2, 0) is 35.6 Å². The van der Waals surface area contributed by atoms with Gasteiger partial charge in [-0.25, -0.2) is 0 Å². The quantitative estimate of drug-likeness (QED) is 0.148. The molecule has 4 amide bonds. The van der Waals surface area contributed by atoms with E-state index in [4.69, 9.17) is 23.9 Å². The highest BCUT2D eigenvalue weighted by atomic mass is 16.5. The number of likely N-dealkylation sites (N-methyl/N-ethyl adjacent to an activating group) is 1. The monoisotopic (exact) mass is 806 g/mol. The number of carbonyl (C=O) groups excluding carboxylic acids is 4. The number of ether oxygens (including phenoxy) is 4. The molecule has 0 aliphatic carbocycles. The van der Waals surface area contributed by atoms with E-state index in [0.29, 0.717) is 81.7 Å². The molecule has 4 aliphatic rings. The maximum Gasteiger partial charge on any atom is 0.261 e. The Balaban J connectivity index is 0.980. The molecule has 14 heteroatoms. The van der Waals surface area contributed by atoms with Gasteiger partial charge in [-0.3, -0.25) is 29.1 Å². The molecule has 14 nitrogen and oxygen atoms in total. The first-order chi connectivity index (χ1) is 29.2. The van der Waals surface area contributed by atoms with Crippen molar-refractivity contribution >= 4 is 58.8 Å². The van der Waals surface area contributed by atoms with Crippen LogP contribution in [0.15, 0.2) is 96.0 Å². The maximum atomic E-state index is 14.0. The van der Waals surface area contributed by atoms with Gasteiger partial charge in [-0.15, -0.1) is 0 Å². The number of para-hydroxylation sites is 2. The van der Waals surface area contributed by atoms with E-state index in [9.17, 15) is 19.2 Å². The normalized spacial score (nSPS) is 16.8. The first-order valence-electron chi connectivity index (χ1n) is 19.6. The molecule has 0 radical (unpaired) electrons. The number of hydrogen-bond donors (Lipinski definition) is 2. The highest BCUT2D eigenvalue weighted by Crippen LogP contribution is 2.43. The Kier molecular flexibility index (Phi) is 10.0. The standard InChI is InChI=1S/C46H42N6O8/c1-50(44(54)23-47-26-53)31-13-27(24-59-42-19-36-34(17-40(42)57-2)45(55)51-32(21-48-36)15-29-8-4-6-10-38(29)51)12-28(14-31)25-60-43-20-37-35(18-41(43)58-3)46(56)52-33(22-49-37)16-30-9-5-7-11-39(30)52/h4-14,17-21,26,32-33,49H,15-16,22-25H2,1-3H3,(H,47,53)/t32-,33?/m0/s1. The molecule has 2 atom stereocenters. The smallest absolute Gasteiger partial charge is 0.261 e. The van der Waals surface area contributed by atoms with Crippen molar-refractivity contribution in [2.45, 2.75) is 38.1 Å². The predicted octanol–water partition coefficient (Wildman–Crippen LogP) is 5.86. The molecule has 0 spiro atoms. The van der Waals surface area contributed by atoms with E-state index < -0.39 is 0 Å². The summed E-state index contributed by atoms with van der Waals surface area (Å²) >= 11 is 0. The number of rotatable bonds is 12. The lowest BCUT2D eigenvalue weighted by molar-refractivity contribution is -0.119. The minimum absolute atomic E-state index is 0.0284. The van der Waals surface area contributed by atoms with Gasteiger partial charge in [-0.2, -0.15) is 0 Å². The SMILES string of the molecule is COc1cc2c(cc1OCc1cc(COc3cc4c(cc3OC)C(=O)N3c5ccccc5CC3CN4)cc(N(C)C(=O)CNC=O)c1)N=C[C@@H]1Cc3ccccc3N1C2=O. The van der Waals surface area contributed by atoms with Crippen LogP contribution in [0, 0.1) is 0 Å². The third kappa shape index (κ3) is 6.89. The van der Waals surface area contributed by atoms with Gasteiger partial charge in [-0.05, 0) is 71.1 Å². The van der Waals surface area contributed by atoms with Gasteiger partial charge in [0, 0.05) is 55.4 Å². The molecule has 2 N–H and O–H groups in total. The second-order valence-corrected chi connectivity index (χ2v) is 15.0. The average molecular weight is 807 g/mol. The molecule has 5 aromatic rings. The van der Waals surface area contributed by atoms with Gasteiger partial charge in [0.25, 0.3) is 11.8 Å². The summed E-state index contributed by atoms with van der Waals surface area (Å²) in [4.78, 5) is 61.8. The van der Waals surface area contributed by atoms with E-state index >= 15 is 0 Å². The van der Waals surface area contributed by atoms with E-state index in [1.807, 2.05) is 65.6 Å². The van der Waals surface area contributed by atoms with Crippen LogP contribution in [0.1, 0.15) is 43.0 Å². The molecule has 0 bridgehead atoms. The molecule has 0 saturated carbocycles. The number of aliphatic imine (C=N–C) groups is 1. The average Bonchev–Trinajstić information content (AvgIpc) is 3.77. The Labute approximate surface area is 346 Å². The Bertz CT molecular complexity index is 2590. The van der Waals surface area contributed by atoms with Crippen molar-refractivity contribution < 1.29 is 38.1 Å². The van der Waals surface area contributed by atoms with Gasteiger partial charge in [0.15, 0.2) is 23.0 Å². The van der Waals surface area contributed by atoms with E-state index in [2.05, 4.69) is 16.7 Å². The third-order valence-corrected chi connectivity index (χ3v) is 11.4. The van der Waals surface area contributed by atoms with Crippen molar-refractivity contribution in [2.75, 3.05) is 54.4 Å². The molecule has 304 valence electrons. The lowest BCUT2D eigenvalue weighted by Crippen LogP contribution is -2.39. The predicted molar refractivity (Wildman–Crippen MR) is 227 cm³/mol. The second kappa shape index (κ2) is 15.8. The van der Waals surface area contributed by atoms with Crippen LogP contribution in [0.3, 0.4) is 0 Å². The van der Waals surface area contributed by atoms with Crippen LogP contribution in [0.4, 0.5) is 28.4 Å². The first kappa shape index (κ1) is 38.2. The number of benzene rings is 5. The van der Waals surface area contributed by atoms with Crippen LogP contribution in [0.25, 0.3) is 0 Å². The van der Waals surface area contributed by atoms with Gasteiger partial charge in [0.05, 0.1) is 55.3 Å². The molecular formula is C46H42N6O8. The highest BCUT2D eigenvalue weighted by Gasteiger charge is 2.38. The van der Waals surface area contributed by atoms with Crippen LogP contribution < -0.4 is 44.3 Å². The van der Waals surface area contributed by atoms with Crippen LogP contribution in [0.2, 0.25) is 0 Å². The minimum atomic E-state index is -0.337. The van der Waals surface area contributed by atoms with Gasteiger partial charge in [0.2, 0.25) is 12.3 Å². The molecule has 1 unspecified atom stereocenters. The fraction of sp³-hybridized carbons (Fsp3) is 0.239. The Morgan fingerprint density at radius 1 is 0.800 bits per heavy atom. The zero-order chi connectivity index (χ0) is 41.5. The maximum absolute atomic E-state index is 14.0. The summed E-state index contributed by atoms with van der Waals surface area (Å²) in [7, 11) is 4.67. The van der Waals surface area contributed by atoms with Crippen molar-refractivity contribution in [3.05, 3.63) is 124 Å². The van der Waals surface area contributed by atoms with E-state index in [0.717, 1.165) is 28.9 Å². The number of nitrogens with one attached hydrogen (secondary N) is 2. The summed E-state index contributed by atoms with van der Waals surface area (Å²) in [5, 5.41) is 5.89. The van der Waals surface area contributed by atoms with Crippen LogP contribution >= 0.6 is 0 Å². The molecule has 4 aliphatic heterocycles. The number of anilines is 4. The fourth-order valence-electron chi connectivity index (χ4n) is 8.42. The third-order valence-electron chi connectivity index (χ3n) is 11.4. The van der Waals surface area contributed by atoms with Gasteiger partial charge in [0.1, 0.15) is 13.2 Å². The second-order valence-electron chi connectivity index (χ2n) is 15.0. The largest absolute Gasteiger partial charge is 0.493 e. The van der Waals surface area contributed by atoms with Gasteiger partial charge < -0.3 is 39.4 Å². The molecule has 60 heavy (non-hydrogen) atoms. The summed E-state index contributed by atoms with van der Waals surface area (Å²) in [6.07, 6.45) is 3.71. The topological polar surface area (TPSA) is 151 Å². The van der Waals surface area contributed by atoms with Crippen molar-refractivity contribution in [1.82, 2.24) is 5.32 Å². The number of fused-ring (bicyclic) bond motifs is 8. The highest BCUT2D eigenvalue weighted by molar-refractivity contribution is 6.15. The van der Waals surface area contributed by atoms with Gasteiger partial charge >= 0.3 is 0 Å². The molecule has 5 aromatic carbocycles. The summed E-state index contributed by atoms with van der Waals surface area (Å²) < 4.78 is 24.2. The Morgan fingerprint density at radius 2 is 1.42 bits per heavy atom. The molecular weight excluding hydrogens is 765 g/mol. The van der Waals surface area contributed by atoms with Crippen molar-refractivity contribution in [1.29, 1.82) is 0 Å². The number of methoxy groups -OCH3 is 2. The minimum Gasteiger partial charge on any atom is -0.493 e. The summed E-state index contributed by atoms with van der Waals surface area (Å²) in [5.74, 6) is 0.944. The van der Waals surface area contributed by atoms with E-state index in [1.54, 1.807) is 42.4 Å². The van der Waals surface area contributed by atoms with Crippen LogP contribution in [-0.4, -0.2) is 76.8 Å². The molecule has 0 saturated heterocycles. The Morgan fingerprint density at radius 3 is 2.10 bits per heavy atom. The lowest BCUT2D eigenvalue weighted by Gasteiger charge is -2.23. The lowest BCUT2D eigenvalue weighted by atomic mass is 10.1. The summed E-state index contributed by atoms with van der Waals surface area (Å²) in [6, 6.07) is 28.0. The molecule has 0 fully saturated rings. The Hall–Kier alpha value is -7.35. The summed E-state index contributed by atoms with van der Waals surface area (Å²) in [6.45, 7) is 0.499. The van der Waals surface area contributed by atoms with Crippen molar-refractivity contribution in [3.8, 4) is 23.0 Å². The van der Waals surface area contributed by atoms with Gasteiger partial charge in [-0.1, -0.05) is 36.4 Å². The van der Waals surface area contributed by atoms with E-state index in [-0.39, 0.29) is 49.6 Å². The molecule has 9 rings (SSSR count). The summed E-state index contributed by atoms with van der Waals surface area (Å²) in [5.41, 5.74) is 7.96. The number of carbonyl (C=O) groups is 4. The van der Waals surface area contributed by atoms with Crippen molar-refractivity contribution in [2.24, 2.45) is 4.99 Å². The van der Waals surface area contributed by atoms with Crippen molar-refractivity contribution in [3.63, 3.8) is 0 Å². The number of hydrogen-bond acceptors (Lipinski definition) is 10. The zero-order valence-corrected chi connectivity index (χ0v) is 33.3. The first-order valence-corrected chi connectivity index (χ1v) is 19.6. The molecule has 0 aromatic heterocycles. The number of nitrogens with zero attached hydrogens (tertiary/aromatic N) is 4. The number of amides is 4. The molecule has 4 heterocycles. The van der Waals surface area contributed by atoms with Crippen LogP contribution in [0.5, 0.6) is 23.0 Å². The fourth-order valence-corrected chi connectivity index (χ4v) is 8.42. The zero-order valence-electron chi connectivity index (χ0n) is 33.3.